The number of aliphatic hydroxyl groups is 1. The molecule has 62 heavy (non-hydrogen) atoms. The molecule has 6 amide bonds. The Morgan fingerprint density at radius 3 is 2.03 bits per heavy atom. The average molecular weight is 868 g/mol. The first kappa shape index (κ1) is 50.4. The average Bonchev–Trinajstić information content (AvgIpc) is 3.24. The van der Waals surface area contributed by atoms with Crippen molar-refractivity contribution >= 4 is 47.1 Å². The number of benzene rings is 2. The number of nitrogens with two attached hydrogens (primary N) is 1. The van der Waals surface area contributed by atoms with Gasteiger partial charge in [-0.2, -0.15) is 0 Å². The number of carboxylic acid groups (broad SMARTS) is 1. The minimum Gasteiger partial charge on any atom is -0.507 e. The van der Waals surface area contributed by atoms with Crippen LogP contribution in [0.3, 0.4) is 0 Å². The normalized spacial score (nSPS) is 15.6. The standard InChI is InChI=1S/C44H65N7O11/c1-4-5-6-7-8-9-10-11-12-13-14-15-16-17-38(56)50(2)34(27-52)42(59)47-24-36(54)46-26-39(57)51(3)40-29-18-19-35(53)30(23-29)31-20-28(21-32(45)41(31)58)22-33(44(61)62)49-37(55)25-48-43(40)60/h18-21,23,33-34,40,52-53,58H,4-17,22,24-27,45H2,1-3H3,(H,46,54)(H,47,59)(H,48,60)(H,49,55)(H,61,62). The Morgan fingerprint density at radius 1 is 0.823 bits per heavy atom. The summed E-state index contributed by atoms with van der Waals surface area (Å²) in [6.45, 7) is -0.381. The molecule has 3 rings (SSSR count). The van der Waals surface area contributed by atoms with Crippen LogP contribution in [0, 0.1) is 0 Å². The van der Waals surface area contributed by atoms with Crippen LogP contribution in [0.4, 0.5) is 5.69 Å². The number of aliphatic hydroxyl groups excluding tert-OH is 1. The van der Waals surface area contributed by atoms with Crippen LogP contribution in [0.2, 0.25) is 0 Å². The van der Waals surface area contributed by atoms with E-state index in [0.717, 1.165) is 29.1 Å². The smallest absolute Gasteiger partial charge is 0.326 e. The number of fused-ring (bicyclic) bond motifs is 5. The fourth-order valence-electron chi connectivity index (χ4n) is 7.29. The lowest BCUT2D eigenvalue weighted by Crippen LogP contribution is -2.52. The van der Waals surface area contributed by atoms with E-state index in [9.17, 15) is 54.0 Å². The number of unbranched alkanes of at least 4 members (excludes halogenated alkanes) is 12. The topological polar surface area (TPSA) is 281 Å². The summed E-state index contributed by atoms with van der Waals surface area (Å²) in [6, 6.07) is 2.43. The number of nitrogen functional groups attached to an aromatic ring is 1. The van der Waals surface area contributed by atoms with Crippen molar-refractivity contribution < 1.29 is 54.0 Å². The highest BCUT2D eigenvalue weighted by Gasteiger charge is 2.32. The lowest BCUT2D eigenvalue weighted by Gasteiger charge is -2.29. The number of carboxylic acids is 1. The molecule has 18 heteroatoms. The summed E-state index contributed by atoms with van der Waals surface area (Å²) in [5.41, 5.74) is 6.30. The van der Waals surface area contributed by atoms with Crippen LogP contribution in [-0.4, -0.2) is 124 Å². The maximum atomic E-state index is 13.6. The fraction of sp³-hybridized carbons (Fsp3) is 0.568. The molecule has 1 aliphatic rings. The van der Waals surface area contributed by atoms with Gasteiger partial charge in [0.05, 0.1) is 31.9 Å². The van der Waals surface area contributed by atoms with Gasteiger partial charge in [0.15, 0.2) is 0 Å². The number of aliphatic carboxylic acids is 1. The van der Waals surface area contributed by atoms with E-state index in [2.05, 4.69) is 28.2 Å². The number of carbonyl (C=O) groups excluding carboxylic acids is 6. The molecule has 3 unspecified atom stereocenters. The van der Waals surface area contributed by atoms with Crippen LogP contribution in [0.15, 0.2) is 30.3 Å². The van der Waals surface area contributed by atoms with Gasteiger partial charge in [-0.15, -0.1) is 0 Å². The highest BCUT2D eigenvalue weighted by atomic mass is 16.4. The first-order valence-corrected chi connectivity index (χ1v) is 21.5. The Labute approximate surface area is 363 Å². The van der Waals surface area contributed by atoms with Gasteiger partial charge in [0.1, 0.15) is 29.6 Å². The number of anilines is 1. The lowest BCUT2D eigenvalue weighted by atomic mass is 9.93. The monoisotopic (exact) mass is 867 g/mol. The van der Waals surface area contributed by atoms with E-state index < -0.39 is 85.6 Å². The van der Waals surface area contributed by atoms with Gasteiger partial charge in [-0.05, 0) is 41.8 Å². The van der Waals surface area contributed by atoms with Gasteiger partial charge in [0, 0.05) is 38.1 Å². The second kappa shape index (κ2) is 25.8. The summed E-state index contributed by atoms with van der Waals surface area (Å²) in [4.78, 5) is 92.5. The molecule has 10 N–H and O–H groups in total. The van der Waals surface area contributed by atoms with Crippen molar-refractivity contribution in [3.05, 3.63) is 41.5 Å². The molecule has 2 aromatic rings. The van der Waals surface area contributed by atoms with E-state index in [1.807, 2.05) is 0 Å². The van der Waals surface area contributed by atoms with E-state index in [0.29, 0.717) is 12.0 Å². The van der Waals surface area contributed by atoms with Crippen molar-refractivity contribution in [2.24, 2.45) is 0 Å². The molecule has 0 fully saturated rings. The van der Waals surface area contributed by atoms with Crippen LogP contribution in [0.1, 0.15) is 114 Å². The van der Waals surface area contributed by atoms with E-state index in [1.165, 1.54) is 102 Å². The van der Waals surface area contributed by atoms with Crippen LogP contribution >= 0.6 is 0 Å². The molecule has 342 valence electrons. The van der Waals surface area contributed by atoms with Crippen LogP contribution in [-0.2, 0) is 40.0 Å². The number of hydrogen-bond donors (Lipinski definition) is 9. The van der Waals surface area contributed by atoms with Crippen molar-refractivity contribution in [2.75, 3.05) is 46.1 Å². The first-order valence-electron chi connectivity index (χ1n) is 21.5. The second-order valence-electron chi connectivity index (χ2n) is 15.8. The van der Waals surface area contributed by atoms with Crippen LogP contribution < -0.4 is 27.0 Å². The summed E-state index contributed by atoms with van der Waals surface area (Å²) in [5.74, 6) is -6.58. The van der Waals surface area contributed by atoms with Crippen molar-refractivity contribution in [1.82, 2.24) is 31.1 Å². The molecule has 0 saturated heterocycles. The summed E-state index contributed by atoms with van der Waals surface area (Å²) in [6.07, 6.45) is 15.1. The molecule has 2 aromatic carbocycles. The number of amides is 6. The molecule has 1 heterocycles. The fourth-order valence-corrected chi connectivity index (χ4v) is 7.29. The van der Waals surface area contributed by atoms with Gasteiger partial charge in [0.25, 0.3) is 0 Å². The Morgan fingerprint density at radius 2 is 1.44 bits per heavy atom. The number of rotatable bonds is 23. The van der Waals surface area contributed by atoms with E-state index >= 15 is 0 Å². The largest absolute Gasteiger partial charge is 0.507 e. The Hall–Kier alpha value is -5.91. The molecule has 18 nitrogen and oxygen atoms in total. The zero-order valence-corrected chi connectivity index (χ0v) is 36.2. The second-order valence-corrected chi connectivity index (χ2v) is 15.8. The summed E-state index contributed by atoms with van der Waals surface area (Å²) in [7, 11) is 2.66. The number of phenols is 2. The molecule has 1 aliphatic heterocycles. The minimum atomic E-state index is -1.48. The Kier molecular flexibility index (Phi) is 21.0. The molecule has 0 radical (unpaired) electrons. The van der Waals surface area contributed by atoms with Crippen molar-refractivity contribution in [2.45, 2.75) is 121 Å². The predicted molar refractivity (Wildman–Crippen MR) is 231 cm³/mol. The minimum absolute atomic E-state index is 0.00247. The number of nitrogens with zero attached hydrogens (tertiary/aromatic N) is 2. The van der Waals surface area contributed by atoms with Crippen molar-refractivity contribution in [3.8, 4) is 22.6 Å². The molecule has 0 spiro atoms. The van der Waals surface area contributed by atoms with Crippen LogP contribution in [0.5, 0.6) is 11.5 Å². The molecular weight excluding hydrogens is 803 g/mol. The lowest BCUT2D eigenvalue weighted by molar-refractivity contribution is -0.142. The zero-order chi connectivity index (χ0) is 45.8. The summed E-state index contributed by atoms with van der Waals surface area (Å²) in [5, 5.41) is 50.9. The van der Waals surface area contributed by atoms with Gasteiger partial charge in [-0.3, -0.25) is 28.8 Å². The number of carbonyl (C=O) groups is 7. The molecule has 0 aliphatic carbocycles. The van der Waals surface area contributed by atoms with Gasteiger partial charge in [0.2, 0.25) is 35.4 Å². The van der Waals surface area contributed by atoms with E-state index in [-0.39, 0.29) is 46.9 Å². The number of hydrogen-bond acceptors (Lipinski definition) is 11. The third-order valence-electron chi connectivity index (χ3n) is 11.0. The summed E-state index contributed by atoms with van der Waals surface area (Å²) >= 11 is 0. The van der Waals surface area contributed by atoms with Crippen molar-refractivity contribution in [1.29, 1.82) is 0 Å². The zero-order valence-electron chi connectivity index (χ0n) is 36.2. The summed E-state index contributed by atoms with van der Waals surface area (Å²) < 4.78 is 0. The third kappa shape index (κ3) is 15.5. The number of nitrogens with one attached hydrogen (secondary N) is 4. The van der Waals surface area contributed by atoms with Crippen molar-refractivity contribution in [3.63, 3.8) is 0 Å². The molecule has 0 aromatic heterocycles. The molecule has 0 saturated carbocycles. The SMILES string of the molecule is CCCCCCCCCCCCCCCC(=O)N(C)C(CO)C(=O)NCC(=O)NCC(=O)N(C)C1C(=O)NCC(=O)NC(C(=O)O)Cc2cc(N)c(O)c(c2)-c2cc1ccc2O. The Balaban J connectivity index is 1.56. The van der Waals surface area contributed by atoms with E-state index in [4.69, 9.17) is 5.73 Å². The van der Waals surface area contributed by atoms with Gasteiger partial charge in [-0.1, -0.05) is 90.0 Å². The quantitative estimate of drug-likeness (QED) is 0.0443. The number of phenolic OH excluding ortho intramolecular Hbond substituents is 2. The molecule has 3 atom stereocenters. The van der Waals surface area contributed by atoms with Gasteiger partial charge in [-0.25, -0.2) is 4.79 Å². The van der Waals surface area contributed by atoms with E-state index in [1.54, 1.807) is 0 Å². The highest BCUT2D eigenvalue weighted by molar-refractivity contribution is 5.95. The number of likely N-dealkylation sites (N-methyl/N-ethyl adjacent to an activating group) is 2. The number of aromatic hydroxyl groups is 2. The molecular formula is C44H65N7O11. The molecule has 4 bridgehead atoms. The first-order chi connectivity index (χ1) is 29.6. The van der Waals surface area contributed by atoms with Gasteiger partial charge < -0.3 is 57.2 Å². The van der Waals surface area contributed by atoms with Gasteiger partial charge >= 0.3 is 5.97 Å². The Bertz CT molecular complexity index is 1870. The maximum Gasteiger partial charge on any atom is 0.326 e. The predicted octanol–water partition coefficient (Wildman–Crippen LogP) is 2.62. The highest BCUT2D eigenvalue weighted by Crippen LogP contribution is 2.41. The third-order valence-corrected chi connectivity index (χ3v) is 11.0. The maximum absolute atomic E-state index is 13.6. The van der Waals surface area contributed by atoms with Crippen LogP contribution in [0.25, 0.3) is 11.1 Å².